The fourth-order valence-electron chi connectivity index (χ4n) is 3.27. The monoisotopic (exact) mass is 455 g/mol. The molecule has 0 heterocycles. The molecule has 0 radical (unpaired) electrons. The number of hydrogen-bond donors (Lipinski definition) is 4. The first-order valence-corrected chi connectivity index (χ1v) is 11.5. The molecule has 0 aliphatic carbocycles. The molecule has 176 valence electrons. The van der Waals surface area contributed by atoms with Crippen molar-refractivity contribution >= 4 is 22.7 Å². The fourth-order valence-corrected chi connectivity index (χ4v) is 3.27. The molecule has 0 saturated carbocycles. The summed E-state index contributed by atoms with van der Waals surface area (Å²) in [7, 11) is 1.67. The average molecular weight is 456 g/mol. The van der Waals surface area contributed by atoms with E-state index in [-0.39, 0.29) is 5.75 Å². The molecule has 4 rings (SSSR count). The molecule has 0 amide bonds. The first-order chi connectivity index (χ1) is 16.7. The van der Waals surface area contributed by atoms with E-state index in [1.165, 1.54) is 5.56 Å². The van der Waals surface area contributed by atoms with Crippen LogP contribution in [0.5, 0.6) is 11.5 Å². The summed E-state index contributed by atoms with van der Waals surface area (Å²) < 4.78 is 5.20. The Balaban J connectivity index is 0.00000158. The second-order valence-corrected chi connectivity index (χ2v) is 7.50. The van der Waals surface area contributed by atoms with E-state index in [2.05, 4.69) is 64.5 Å². The standard InChI is InChI=1S/C27H27N3O2.C2H6/c1-32-27-16-4-21(5-17-27)19-29-23-8-12-25(13-9-23)30-24-10-6-22(7-11-24)28-18-20-2-14-26(31)15-3-20;1-2/h2-17,28-31H,18-19H2,1H3;1-2H3. The van der Waals surface area contributed by atoms with Crippen molar-refractivity contribution in [2.45, 2.75) is 26.9 Å². The van der Waals surface area contributed by atoms with Crippen molar-refractivity contribution in [3.63, 3.8) is 0 Å². The number of nitrogens with one attached hydrogen (secondary N) is 3. The maximum Gasteiger partial charge on any atom is 0.118 e. The number of phenols is 1. The molecule has 4 aromatic carbocycles. The molecule has 4 aromatic rings. The minimum absolute atomic E-state index is 0.283. The first kappa shape index (κ1) is 24.5. The molecule has 0 aromatic heterocycles. The Morgan fingerprint density at radius 2 is 0.941 bits per heavy atom. The molecule has 0 bridgehead atoms. The Hall–Kier alpha value is -4.12. The number of phenolic OH excluding ortho intramolecular Hbond substituents is 1. The minimum Gasteiger partial charge on any atom is -0.508 e. The quantitative estimate of drug-likeness (QED) is 0.212. The van der Waals surface area contributed by atoms with Crippen LogP contribution >= 0.6 is 0 Å². The third-order valence-electron chi connectivity index (χ3n) is 5.15. The van der Waals surface area contributed by atoms with E-state index in [9.17, 15) is 5.11 Å². The number of hydrogen-bond acceptors (Lipinski definition) is 5. The summed E-state index contributed by atoms with van der Waals surface area (Å²) in [5, 5.41) is 19.6. The molecule has 0 fully saturated rings. The molecule has 5 nitrogen and oxygen atoms in total. The van der Waals surface area contributed by atoms with Crippen molar-refractivity contribution in [2.24, 2.45) is 0 Å². The lowest BCUT2D eigenvalue weighted by Gasteiger charge is -2.11. The van der Waals surface area contributed by atoms with Crippen molar-refractivity contribution in [3.8, 4) is 11.5 Å². The van der Waals surface area contributed by atoms with E-state index in [0.717, 1.165) is 40.6 Å². The van der Waals surface area contributed by atoms with Crippen LogP contribution in [0.4, 0.5) is 22.7 Å². The Morgan fingerprint density at radius 1 is 0.559 bits per heavy atom. The van der Waals surface area contributed by atoms with Gasteiger partial charge in [-0.15, -0.1) is 0 Å². The predicted molar refractivity (Wildman–Crippen MR) is 143 cm³/mol. The van der Waals surface area contributed by atoms with Gasteiger partial charge in [-0.25, -0.2) is 0 Å². The molecule has 0 saturated heterocycles. The van der Waals surface area contributed by atoms with Crippen LogP contribution in [0.3, 0.4) is 0 Å². The van der Waals surface area contributed by atoms with Crippen LogP contribution in [0, 0.1) is 0 Å². The fraction of sp³-hybridized carbons (Fsp3) is 0.172. The van der Waals surface area contributed by atoms with Gasteiger partial charge >= 0.3 is 0 Å². The highest BCUT2D eigenvalue weighted by molar-refractivity contribution is 5.64. The van der Waals surface area contributed by atoms with Crippen LogP contribution < -0.4 is 20.7 Å². The van der Waals surface area contributed by atoms with E-state index in [0.29, 0.717) is 6.54 Å². The number of ether oxygens (including phenoxy) is 1. The summed E-state index contributed by atoms with van der Waals surface area (Å²) in [6.07, 6.45) is 0. The van der Waals surface area contributed by atoms with E-state index < -0.39 is 0 Å². The third kappa shape index (κ3) is 7.48. The molecule has 34 heavy (non-hydrogen) atoms. The topological polar surface area (TPSA) is 65.5 Å². The van der Waals surface area contributed by atoms with Crippen LogP contribution in [0.15, 0.2) is 97.1 Å². The summed E-state index contributed by atoms with van der Waals surface area (Å²) in [5.41, 5.74) is 6.49. The molecule has 0 atom stereocenters. The van der Waals surface area contributed by atoms with Gasteiger partial charge in [0.25, 0.3) is 0 Å². The van der Waals surface area contributed by atoms with Gasteiger partial charge in [0.1, 0.15) is 11.5 Å². The van der Waals surface area contributed by atoms with Gasteiger partial charge in [0.2, 0.25) is 0 Å². The third-order valence-corrected chi connectivity index (χ3v) is 5.15. The number of benzene rings is 4. The molecule has 0 unspecified atom stereocenters. The Bertz CT molecular complexity index is 1110. The minimum atomic E-state index is 0.283. The summed E-state index contributed by atoms with van der Waals surface area (Å²) >= 11 is 0. The van der Waals surface area contributed by atoms with Crippen molar-refractivity contribution in [1.82, 2.24) is 0 Å². The highest BCUT2D eigenvalue weighted by atomic mass is 16.5. The van der Waals surface area contributed by atoms with Gasteiger partial charge in [-0.05, 0) is 83.9 Å². The smallest absolute Gasteiger partial charge is 0.118 e. The molecule has 5 heteroatoms. The van der Waals surface area contributed by atoms with E-state index in [4.69, 9.17) is 4.74 Å². The maximum absolute atomic E-state index is 9.36. The average Bonchev–Trinajstić information content (AvgIpc) is 2.90. The van der Waals surface area contributed by atoms with Gasteiger partial charge in [-0.2, -0.15) is 0 Å². The SMILES string of the molecule is CC.COc1ccc(CNc2ccc(Nc3ccc(NCc4ccc(O)cc4)cc3)cc2)cc1. The van der Waals surface area contributed by atoms with E-state index in [1.54, 1.807) is 19.2 Å². The molecule has 0 spiro atoms. The van der Waals surface area contributed by atoms with Gasteiger partial charge < -0.3 is 25.8 Å². The normalized spacial score (nSPS) is 9.97. The zero-order chi connectivity index (χ0) is 24.2. The predicted octanol–water partition coefficient (Wildman–Crippen LogP) is 7.39. The summed E-state index contributed by atoms with van der Waals surface area (Å²) in [6.45, 7) is 5.47. The number of rotatable bonds is 9. The zero-order valence-electron chi connectivity index (χ0n) is 20.0. The van der Waals surface area contributed by atoms with E-state index in [1.807, 2.05) is 50.2 Å². The molecule has 0 aliphatic rings. The number of methoxy groups -OCH3 is 1. The highest BCUT2D eigenvalue weighted by Crippen LogP contribution is 2.22. The maximum atomic E-state index is 9.36. The summed E-state index contributed by atoms with van der Waals surface area (Å²) in [6, 6.07) is 31.7. The molecule has 4 N–H and O–H groups in total. The van der Waals surface area contributed by atoms with Crippen LogP contribution in [0.1, 0.15) is 25.0 Å². The second kappa shape index (κ2) is 12.8. The Kier molecular flexibility index (Phi) is 9.23. The van der Waals surface area contributed by atoms with E-state index >= 15 is 0 Å². The van der Waals surface area contributed by atoms with Crippen LogP contribution in [0.25, 0.3) is 0 Å². The van der Waals surface area contributed by atoms with Crippen molar-refractivity contribution in [2.75, 3.05) is 23.1 Å². The van der Waals surface area contributed by atoms with Crippen molar-refractivity contribution < 1.29 is 9.84 Å². The van der Waals surface area contributed by atoms with Crippen LogP contribution in [0.2, 0.25) is 0 Å². The van der Waals surface area contributed by atoms with Gasteiger partial charge in [-0.3, -0.25) is 0 Å². The highest BCUT2D eigenvalue weighted by Gasteiger charge is 2.00. The lowest BCUT2D eigenvalue weighted by molar-refractivity contribution is 0.414. The van der Waals surface area contributed by atoms with Gasteiger partial charge in [0, 0.05) is 35.8 Å². The Morgan fingerprint density at radius 3 is 1.35 bits per heavy atom. The largest absolute Gasteiger partial charge is 0.508 e. The lowest BCUT2D eigenvalue weighted by Crippen LogP contribution is -2.00. The van der Waals surface area contributed by atoms with Crippen LogP contribution in [-0.2, 0) is 13.1 Å². The van der Waals surface area contributed by atoms with Gasteiger partial charge in [-0.1, -0.05) is 38.1 Å². The van der Waals surface area contributed by atoms with Crippen molar-refractivity contribution in [3.05, 3.63) is 108 Å². The van der Waals surface area contributed by atoms with Crippen molar-refractivity contribution in [1.29, 1.82) is 0 Å². The zero-order valence-corrected chi connectivity index (χ0v) is 20.0. The van der Waals surface area contributed by atoms with Gasteiger partial charge in [0.05, 0.1) is 7.11 Å². The first-order valence-electron chi connectivity index (χ1n) is 11.5. The number of aromatic hydroxyl groups is 1. The summed E-state index contributed by atoms with van der Waals surface area (Å²) in [5.74, 6) is 1.15. The molecular formula is C29H33N3O2. The lowest BCUT2D eigenvalue weighted by atomic mass is 10.2. The Labute approximate surface area is 202 Å². The van der Waals surface area contributed by atoms with Crippen LogP contribution in [-0.4, -0.2) is 12.2 Å². The number of anilines is 4. The second-order valence-electron chi connectivity index (χ2n) is 7.50. The van der Waals surface area contributed by atoms with Gasteiger partial charge in [0.15, 0.2) is 0 Å². The molecular weight excluding hydrogens is 422 g/mol. The summed E-state index contributed by atoms with van der Waals surface area (Å²) in [4.78, 5) is 0. The molecule has 0 aliphatic heterocycles.